The van der Waals surface area contributed by atoms with Crippen LogP contribution in [0.2, 0.25) is 5.15 Å². The zero-order valence-electron chi connectivity index (χ0n) is 9.57. The smallest absolute Gasteiger partial charge is 0.133 e. The molecule has 0 saturated carbocycles. The number of hydrogen-bond acceptors (Lipinski definition) is 4. The van der Waals surface area contributed by atoms with Gasteiger partial charge >= 0.3 is 0 Å². The molecule has 16 heavy (non-hydrogen) atoms. The summed E-state index contributed by atoms with van der Waals surface area (Å²) in [5, 5.41) is 13.0. The molecule has 1 aromatic rings. The lowest BCUT2D eigenvalue weighted by Gasteiger charge is -2.14. The quantitative estimate of drug-likeness (QED) is 0.693. The number of pyridine rings is 1. The molecular weight excluding hydrogens is 226 g/mol. The summed E-state index contributed by atoms with van der Waals surface area (Å²) in [6.07, 6.45) is 0.366. The molecule has 0 radical (unpaired) electrons. The highest BCUT2D eigenvalue weighted by Gasteiger charge is 2.07. The predicted molar refractivity (Wildman–Crippen MR) is 67.6 cm³/mol. The molecule has 0 fully saturated rings. The zero-order chi connectivity index (χ0) is 12.1. The predicted octanol–water partition coefficient (Wildman–Crippen LogP) is 2.14. The van der Waals surface area contributed by atoms with Crippen molar-refractivity contribution in [1.82, 2.24) is 4.98 Å². The Hall–Kier alpha value is -1.00. The summed E-state index contributed by atoms with van der Waals surface area (Å²) in [5.74, 6) is 1.06. The molecule has 0 bridgehead atoms. The van der Waals surface area contributed by atoms with Crippen molar-refractivity contribution in [2.24, 2.45) is 5.92 Å². The van der Waals surface area contributed by atoms with Crippen molar-refractivity contribution >= 4 is 23.1 Å². The van der Waals surface area contributed by atoms with E-state index in [0.29, 0.717) is 29.1 Å². The Bertz CT molecular complexity index is 324. The molecule has 0 spiro atoms. The van der Waals surface area contributed by atoms with Gasteiger partial charge in [-0.15, -0.1) is 0 Å². The van der Waals surface area contributed by atoms with Crippen molar-refractivity contribution in [3.63, 3.8) is 0 Å². The Morgan fingerprint density at radius 3 is 2.75 bits per heavy atom. The van der Waals surface area contributed by atoms with Crippen LogP contribution in [0.5, 0.6) is 0 Å². The van der Waals surface area contributed by atoms with Gasteiger partial charge in [0, 0.05) is 18.3 Å². The normalized spacial score (nSPS) is 12.8. The van der Waals surface area contributed by atoms with Crippen molar-refractivity contribution in [3.8, 4) is 0 Å². The van der Waals surface area contributed by atoms with E-state index in [1.165, 1.54) is 0 Å². The number of nitrogens with zero attached hydrogens (tertiary/aromatic N) is 1. The maximum absolute atomic E-state index is 9.66. The van der Waals surface area contributed by atoms with Gasteiger partial charge in [-0.05, 0) is 18.4 Å². The molecule has 1 atom stereocenters. The average Bonchev–Trinajstić information content (AvgIpc) is 2.12. The third-order valence-corrected chi connectivity index (χ3v) is 2.27. The van der Waals surface area contributed by atoms with Gasteiger partial charge in [0.1, 0.15) is 11.0 Å². The van der Waals surface area contributed by atoms with E-state index in [1.54, 1.807) is 12.1 Å². The van der Waals surface area contributed by atoms with Crippen molar-refractivity contribution < 1.29 is 5.11 Å². The van der Waals surface area contributed by atoms with Crippen LogP contribution in [0.4, 0.5) is 11.5 Å². The fourth-order valence-corrected chi connectivity index (χ4v) is 1.67. The highest BCUT2D eigenvalue weighted by atomic mass is 35.5. The third kappa shape index (κ3) is 4.68. The van der Waals surface area contributed by atoms with Crippen LogP contribution in [-0.2, 0) is 0 Å². The van der Waals surface area contributed by atoms with Crippen LogP contribution in [0.1, 0.15) is 20.3 Å². The first kappa shape index (κ1) is 13.1. The highest BCUT2D eigenvalue weighted by Crippen LogP contribution is 2.16. The SMILES string of the molecule is CC(C)CC(O)CNc1cc(N)cc(Cl)n1. The Balaban J connectivity index is 2.48. The maximum Gasteiger partial charge on any atom is 0.133 e. The van der Waals surface area contributed by atoms with Crippen LogP contribution in [0.25, 0.3) is 0 Å². The van der Waals surface area contributed by atoms with Gasteiger partial charge in [0.25, 0.3) is 0 Å². The van der Waals surface area contributed by atoms with Crippen LogP contribution in [0.3, 0.4) is 0 Å². The van der Waals surface area contributed by atoms with Gasteiger partial charge in [0.15, 0.2) is 0 Å². The summed E-state index contributed by atoms with van der Waals surface area (Å²) in [7, 11) is 0. The van der Waals surface area contributed by atoms with Gasteiger partial charge in [0.2, 0.25) is 0 Å². The van der Waals surface area contributed by atoms with Crippen LogP contribution in [0, 0.1) is 5.92 Å². The van der Waals surface area contributed by atoms with E-state index >= 15 is 0 Å². The molecule has 4 nitrogen and oxygen atoms in total. The van der Waals surface area contributed by atoms with Crippen LogP contribution >= 0.6 is 11.6 Å². The number of aliphatic hydroxyl groups excluding tert-OH is 1. The molecule has 4 N–H and O–H groups in total. The molecule has 90 valence electrons. The first-order valence-corrected chi connectivity index (χ1v) is 5.70. The molecule has 1 unspecified atom stereocenters. The summed E-state index contributed by atoms with van der Waals surface area (Å²) in [6, 6.07) is 3.27. The number of nitrogen functional groups attached to an aromatic ring is 1. The van der Waals surface area contributed by atoms with Gasteiger partial charge in [-0.25, -0.2) is 4.98 Å². The number of hydrogen-bond donors (Lipinski definition) is 3. The first-order valence-electron chi connectivity index (χ1n) is 5.32. The van der Waals surface area contributed by atoms with Crippen molar-refractivity contribution in [2.45, 2.75) is 26.4 Å². The first-order chi connectivity index (χ1) is 7.47. The van der Waals surface area contributed by atoms with E-state index < -0.39 is 0 Å². The van der Waals surface area contributed by atoms with Crippen molar-refractivity contribution in [1.29, 1.82) is 0 Å². The Morgan fingerprint density at radius 2 is 2.19 bits per heavy atom. The molecule has 1 aromatic heterocycles. The largest absolute Gasteiger partial charge is 0.399 e. The van der Waals surface area contributed by atoms with E-state index in [0.717, 1.165) is 6.42 Å². The number of aliphatic hydroxyl groups is 1. The highest BCUT2D eigenvalue weighted by molar-refractivity contribution is 6.29. The molecule has 0 aliphatic heterocycles. The van der Waals surface area contributed by atoms with Crippen LogP contribution in [0.15, 0.2) is 12.1 Å². The van der Waals surface area contributed by atoms with Gasteiger partial charge in [-0.2, -0.15) is 0 Å². The fourth-order valence-electron chi connectivity index (χ4n) is 1.46. The third-order valence-electron chi connectivity index (χ3n) is 2.08. The Labute approximate surface area is 101 Å². The molecule has 1 rings (SSSR count). The summed E-state index contributed by atoms with van der Waals surface area (Å²) in [4.78, 5) is 4.05. The number of nitrogens with one attached hydrogen (secondary N) is 1. The Kier molecular flexibility index (Phi) is 4.83. The summed E-state index contributed by atoms with van der Waals surface area (Å²) in [6.45, 7) is 4.59. The zero-order valence-corrected chi connectivity index (χ0v) is 10.3. The second-order valence-electron chi connectivity index (χ2n) is 4.27. The van der Waals surface area contributed by atoms with E-state index in [9.17, 15) is 5.11 Å². The van der Waals surface area contributed by atoms with Crippen LogP contribution in [-0.4, -0.2) is 22.7 Å². The lowest BCUT2D eigenvalue weighted by molar-refractivity contribution is 0.161. The second kappa shape index (κ2) is 5.92. The number of anilines is 2. The number of aromatic nitrogens is 1. The van der Waals surface area contributed by atoms with E-state index in [-0.39, 0.29) is 6.10 Å². The van der Waals surface area contributed by atoms with Crippen LogP contribution < -0.4 is 11.1 Å². The number of rotatable bonds is 5. The molecule has 0 amide bonds. The minimum absolute atomic E-state index is 0.348. The van der Waals surface area contributed by atoms with Gasteiger partial charge < -0.3 is 16.2 Å². The van der Waals surface area contributed by atoms with Gasteiger partial charge in [0.05, 0.1) is 6.10 Å². The molecule has 5 heteroatoms. The molecule has 0 aromatic carbocycles. The van der Waals surface area contributed by atoms with Crippen molar-refractivity contribution in [2.75, 3.05) is 17.6 Å². The summed E-state index contributed by atoms with van der Waals surface area (Å²) in [5.41, 5.74) is 6.18. The minimum Gasteiger partial charge on any atom is -0.399 e. The standard InChI is InChI=1S/C11H18ClN3O/c1-7(2)3-9(16)6-14-11-5-8(13)4-10(12)15-11/h4-5,7,9,16H,3,6H2,1-2H3,(H3,13,14,15). The number of halogens is 1. The molecule has 0 aliphatic carbocycles. The van der Waals surface area contributed by atoms with E-state index in [1.807, 2.05) is 0 Å². The van der Waals surface area contributed by atoms with E-state index in [4.69, 9.17) is 17.3 Å². The average molecular weight is 244 g/mol. The topological polar surface area (TPSA) is 71.2 Å². The van der Waals surface area contributed by atoms with Gasteiger partial charge in [-0.1, -0.05) is 25.4 Å². The van der Waals surface area contributed by atoms with E-state index in [2.05, 4.69) is 24.1 Å². The van der Waals surface area contributed by atoms with Crippen molar-refractivity contribution in [3.05, 3.63) is 17.3 Å². The molecule has 0 saturated heterocycles. The molecular formula is C11H18ClN3O. The number of nitrogens with two attached hydrogens (primary N) is 1. The maximum atomic E-state index is 9.66. The fraction of sp³-hybridized carbons (Fsp3) is 0.545. The summed E-state index contributed by atoms with van der Waals surface area (Å²) < 4.78 is 0. The Morgan fingerprint density at radius 1 is 1.50 bits per heavy atom. The minimum atomic E-state index is -0.387. The lowest BCUT2D eigenvalue weighted by Crippen LogP contribution is -2.21. The summed E-state index contributed by atoms with van der Waals surface area (Å²) >= 11 is 5.76. The van der Waals surface area contributed by atoms with Gasteiger partial charge in [-0.3, -0.25) is 0 Å². The lowest BCUT2D eigenvalue weighted by atomic mass is 10.1. The monoisotopic (exact) mass is 243 g/mol. The molecule has 1 heterocycles. The second-order valence-corrected chi connectivity index (χ2v) is 4.66. The molecule has 0 aliphatic rings.